The van der Waals surface area contributed by atoms with E-state index in [2.05, 4.69) is 21.2 Å². The zero-order valence-electron chi connectivity index (χ0n) is 11.1. The third-order valence-electron chi connectivity index (χ3n) is 3.40. The van der Waals surface area contributed by atoms with Crippen LogP contribution in [0.15, 0.2) is 22.7 Å². The number of aliphatic hydroxyl groups is 1. The van der Waals surface area contributed by atoms with Crippen LogP contribution in [0.1, 0.15) is 32.3 Å². The van der Waals surface area contributed by atoms with Crippen LogP contribution >= 0.6 is 15.9 Å². The minimum Gasteiger partial charge on any atom is -0.396 e. The fourth-order valence-electron chi connectivity index (χ4n) is 1.79. The first-order valence-corrected chi connectivity index (χ1v) is 7.00. The van der Waals surface area contributed by atoms with E-state index >= 15 is 0 Å². The van der Waals surface area contributed by atoms with Gasteiger partial charge in [0.25, 0.3) is 5.69 Å². The van der Waals surface area contributed by atoms with Gasteiger partial charge in [0.1, 0.15) is 0 Å². The number of halogens is 1. The van der Waals surface area contributed by atoms with Crippen LogP contribution in [0.5, 0.6) is 0 Å². The van der Waals surface area contributed by atoms with Gasteiger partial charge in [-0.25, -0.2) is 0 Å². The van der Waals surface area contributed by atoms with Gasteiger partial charge in [-0.1, -0.05) is 19.1 Å². The van der Waals surface area contributed by atoms with Crippen molar-refractivity contribution in [1.82, 2.24) is 5.32 Å². The van der Waals surface area contributed by atoms with E-state index in [9.17, 15) is 10.1 Å². The summed E-state index contributed by atoms with van der Waals surface area (Å²) in [5, 5.41) is 23.3. The van der Waals surface area contributed by atoms with E-state index in [0.717, 1.165) is 12.0 Å². The Hall–Kier alpha value is -0.980. The van der Waals surface area contributed by atoms with Crippen molar-refractivity contribution < 1.29 is 10.0 Å². The Kier molecular flexibility index (Phi) is 5.90. The summed E-state index contributed by atoms with van der Waals surface area (Å²) in [6, 6.07) is 4.99. The molecule has 0 spiro atoms. The Labute approximate surface area is 121 Å². The van der Waals surface area contributed by atoms with Crippen molar-refractivity contribution >= 4 is 21.6 Å². The predicted molar refractivity (Wildman–Crippen MR) is 78.0 cm³/mol. The van der Waals surface area contributed by atoms with Crippen molar-refractivity contribution in [1.29, 1.82) is 0 Å². The quantitative estimate of drug-likeness (QED) is 0.595. The Morgan fingerprint density at radius 3 is 2.74 bits per heavy atom. The predicted octanol–water partition coefficient (Wildman–Crippen LogP) is 3.00. The maximum absolute atomic E-state index is 10.9. The molecule has 0 heterocycles. The number of nitro groups is 1. The molecule has 1 aromatic rings. The highest BCUT2D eigenvalue weighted by Crippen LogP contribution is 2.28. The second-order valence-electron chi connectivity index (χ2n) is 4.75. The summed E-state index contributed by atoms with van der Waals surface area (Å²) in [6.07, 6.45) is 1.52. The highest BCUT2D eigenvalue weighted by Gasteiger charge is 2.22. The Bertz CT molecular complexity index is 454. The van der Waals surface area contributed by atoms with Crippen LogP contribution < -0.4 is 5.32 Å². The van der Waals surface area contributed by atoms with Gasteiger partial charge in [0, 0.05) is 24.8 Å². The molecule has 1 aromatic carbocycles. The summed E-state index contributed by atoms with van der Waals surface area (Å²) in [6.45, 7) is 4.72. The van der Waals surface area contributed by atoms with Gasteiger partial charge >= 0.3 is 0 Å². The van der Waals surface area contributed by atoms with Crippen molar-refractivity contribution in [2.45, 2.75) is 38.8 Å². The molecule has 0 aromatic heterocycles. The standard InChI is InChI=1S/C13H19BrN2O3/c1-3-13(2,7-8-17)15-9-10-5-4-6-11(12(10)14)16(18)19/h4-6,15,17H,3,7-9H2,1-2H3. The highest BCUT2D eigenvalue weighted by molar-refractivity contribution is 9.10. The van der Waals surface area contributed by atoms with E-state index in [0.29, 0.717) is 17.4 Å². The lowest BCUT2D eigenvalue weighted by molar-refractivity contribution is -0.385. The SMILES string of the molecule is CCC(C)(CCO)NCc1cccc([N+](=O)[O-])c1Br. The first-order valence-electron chi connectivity index (χ1n) is 6.21. The summed E-state index contributed by atoms with van der Waals surface area (Å²) >= 11 is 3.28. The van der Waals surface area contributed by atoms with E-state index in [-0.39, 0.29) is 17.8 Å². The lowest BCUT2D eigenvalue weighted by atomic mass is 9.94. The Morgan fingerprint density at radius 2 is 2.21 bits per heavy atom. The highest BCUT2D eigenvalue weighted by atomic mass is 79.9. The number of nitrogens with zero attached hydrogens (tertiary/aromatic N) is 1. The van der Waals surface area contributed by atoms with Gasteiger partial charge in [0.15, 0.2) is 0 Å². The Balaban J connectivity index is 2.83. The zero-order valence-corrected chi connectivity index (χ0v) is 12.7. The second-order valence-corrected chi connectivity index (χ2v) is 5.54. The molecular weight excluding hydrogens is 312 g/mol. The molecule has 0 saturated carbocycles. The molecule has 19 heavy (non-hydrogen) atoms. The van der Waals surface area contributed by atoms with Crippen molar-refractivity contribution in [3.63, 3.8) is 0 Å². The molecule has 0 bridgehead atoms. The van der Waals surface area contributed by atoms with Crippen LogP contribution in [0.2, 0.25) is 0 Å². The van der Waals surface area contributed by atoms with Gasteiger partial charge in [-0.15, -0.1) is 0 Å². The first-order chi connectivity index (χ1) is 8.93. The third-order valence-corrected chi connectivity index (χ3v) is 4.32. The average Bonchev–Trinajstić information content (AvgIpc) is 2.37. The smallest absolute Gasteiger partial charge is 0.283 e. The van der Waals surface area contributed by atoms with Crippen LogP contribution in [0.3, 0.4) is 0 Å². The first kappa shape index (κ1) is 16.1. The molecule has 2 N–H and O–H groups in total. The van der Waals surface area contributed by atoms with E-state index in [1.54, 1.807) is 6.07 Å². The minimum absolute atomic E-state index is 0.0691. The molecule has 6 heteroatoms. The maximum atomic E-state index is 10.9. The number of benzene rings is 1. The maximum Gasteiger partial charge on any atom is 0.283 e. The summed E-state index contributed by atoms with van der Waals surface area (Å²) in [4.78, 5) is 10.5. The lowest BCUT2D eigenvalue weighted by Crippen LogP contribution is -2.42. The van der Waals surface area contributed by atoms with E-state index in [1.165, 1.54) is 6.07 Å². The van der Waals surface area contributed by atoms with Crippen LogP contribution in [0.4, 0.5) is 5.69 Å². The Morgan fingerprint density at radius 1 is 1.53 bits per heavy atom. The molecule has 0 fully saturated rings. The zero-order chi connectivity index (χ0) is 14.5. The minimum atomic E-state index is -0.402. The fourth-order valence-corrected chi connectivity index (χ4v) is 2.34. The van der Waals surface area contributed by atoms with Gasteiger partial charge in [0.05, 0.1) is 9.40 Å². The van der Waals surface area contributed by atoms with E-state index in [1.807, 2.05) is 19.9 Å². The fraction of sp³-hybridized carbons (Fsp3) is 0.538. The third kappa shape index (κ3) is 4.26. The van der Waals surface area contributed by atoms with Gasteiger partial charge in [0.2, 0.25) is 0 Å². The monoisotopic (exact) mass is 330 g/mol. The molecule has 106 valence electrons. The van der Waals surface area contributed by atoms with Crippen molar-refractivity contribution in [2.24, 2.45) is 0 Å². The number of nitro benzene ring substituents is 1. The lowest BCUT2D eigenvalue weighted by Gasteiger charge is -2.29. The molecular formula is C13H19BrN2O3. The summed E-state index contributed by atoms with van der Waals surface area (Å²) < 4.78 is 0.509. The molecule has 0 amide bonds. The van der Waals surface area contributed by atoms with Crippen LogP contribution in [-0.2, 0) is 6.54 Å². The molecule has 1 rings (SSSR count). The van der Waals surface area contributed by atoms with Crippen LogP contribution in [0.25, 0.3) is 0 Å². The largest absolute Gasteiger partial charge is 0.396 e. The molecule has 1 unspecified atom stereocenters. The molecule has 5 nitrogen and oxygen atoms in total. The number of rotatable bonds is 7. The topological polar surface area (TPSA) is 75.4 Å². The summed E-state index contributed by atoms with van der Waals surface area (Å²) in [5.41, 5.74) is 0.741. The summed E-state index contributed by atoms with van der Waals surface area (Å²) in [5.74, 6) is 0. The van der Waals surface area contributed by atoms with E-state index < -0.39 is 4.92 Å². The summed E-state index contributed by atoms with van der Waals surface area (Å²) in [7, 11) is 0. The molecule has 0 saturated heterocycles. The van der Waals surface area contributed by atoms with Gasteiger partial charge < -0.3 is 10.4 Å². The van der Waals surface area contributed by atoms with Crippen molar-refractivity contribution in [2.75, 3.05) is 6.61 Å². The van der Waals surface area contributed by atoms with Crippen LogP contribution in [-0.4, -0.2) is 22.2 Å². The van der Waals surface area contributed by atoms with Crippen molar-refractivity contribution in [3.8, 4) is 0 Å². The average molecular weight is 331 g/mol. The van der Waals surface area contributed by atoms with Gasteiger partial charge in [-0.2, -0.15) is 0 Å². The second kappa shape index (κ2) is 6.98. The van der Waals surface area contributed by atoms with Gasteiger partial charge in [-0.05, 0) is 41.3 Å². The van der Waals surface area contributed by atoms with Crippen molar-refractivity contribution in [3.05, 3.63) is 38.3 Å². The molecule has 0 aliphatic carbocycles. The van der Waals surface area contributed by atoms with Crippen LogP contribution in [0, 0.1) is 10.1 Å². The molecule has 0 aliphatic heterocycles. The molecule has 0 aliphatic rings. The number of hydrogen-bond donors (Lipinski definition) is 2. The normalized spacial score (nSPS) is 14.1. The number of hydrogen-bond acceptors (Lipinski definition) is 4. The molecule has 1 atom stereocenters. The molecule has 0 radical (unpaired) electrons. The van der Waals surface area contributed by atoms with Gasteiger partial charge in [-0.3, -0.25) is 10.1 Å². The number of aliphatic hydroxyl groups excluding tert-OH is 1. The van der Waals surface area contributed by atoms with E-state index in [4.69, 9.17) is 5.11 Å². The number of nitrogens with one attached hydrogen (secondary N) is 1.